The predicted molar refractivity (Wildman–Crippen MR) is 111 cm³/mol. The van der Waals surface area contributed by atoms with Crippen LogP contribution < -0.4 is 0 Å². The van der Waals surface area contributed by atoms with Crippen LogP contribution in [0.1, 0.15) is 44.2 Å². The van der Waals surface area contributed by atoms with Gasteiger partial charge in [0.25, 0.3) is 0 Å². The lowest BCUT2D eigenvalue weighted by atomic mass is 9.58. The molecule has 2 saturated carbocycles. The number of aliphatic hydroxyl groups excluding tert-OH is 2. The van der Waals surface area contributed by atoms with Crippen molar-refractivity contribution in [3.63, 3.8) is 0 Å². The van der Waals surface area contributed by atoms with E-state index in [0.717, 1.165) is 23.1 Å². The Labute approximate surface area is 173 Å². The van der Waals surface area contributed by atoms with Gasteiger partial charge in [0.1, 0.15) is 5.78 Å². The second-order valence-electron chi connectivity index (χ2n) is 9.15. The Morgan fingerprint density at radius 2 is 1.90 bits per heavy atom. The van der Waals surface area contributed by atoms with Crippen LogP contribution in [0.4, 0.5) is 0 Å². The molecule has 3 N–H and O–H groups in total. The molecular formula is C24H34O5. The molecule has 1 aromatic rings. The molecular weight excluding hydrogens is 368 g/mol. The highest BCUT2D eigenvalue weighted by atomic mass is 16.6. The molecule has 5 heteroatoms. The smallest absolute Gasteiger partial charge is 0.185 e. The molecule has 0 unspecified atom stereocenters. The van der Waals surface area contributed by atoms with Crippen molar-refractivity contribution in [2.24, 2.45) is 22.7 Å². The molecule has 0 radical (unpaired) electrons. The minimum atomic E-state index is -1.64. The lowest BCUT2D eigenvalue weighted by Crippen LogP contribution is -2.55. The molecule has 0 saturated heterocycles. The van der Waals surface area contributed by atoms with Crippen LogP contribution >= 0.6 is 0 Å². The average Bonchev–Trinajstić information content (AvgIpc) is 3.06. The van der Waals surface area contributed by atoms with Gasteiger partial charge in [0.15, 0.2) is 5.79 Å². The van der Waals surface area contributed by atoms with Crippen molar-refractivity contribution in [2.75, 3.05) is 20.3 Å². The fourth-order valence-corrected chi connectivity index (χ4v) is 5.96. The topological polar surface area (TPSA) is 87.0 Å². The minimum Gasteiger partial charge on any atom is -0.396 e. The number of methoxy groups -OCH3 is 1. The second-order valence-corrected chi connectivity index (χ2v) is 9.15. The molecule has 1 aromatic carbocycles. The van der Waals surface area contributed by atoms with Crippen LogP contribution in [0.15, 0.2) is 36.4 Å². The summed E-state index contributed by atoms with van der Waals surface area (Å²) < 4.78 is 5.60. The highest BCUT2D eigenvalue weighted by molar-refractivity contribution is 5.89. The number of fused-ring (bicyclic) bond motifs is 2. The molecule has 4 atom stereocenters. The Kier molecular flexibility index (Phi) is 6.08. The van der Waals surface area contributed by atoms with E-state index >= 15 is 0 Å². The van der Waals surface area contributed by atoms with Gasteiger partial charge in [-0.25, -0.2) is 0 Å². The molecule has 0 spiro atoms. The Balaban J connectivity index is 1.86. The van der Waals surface area contributed by atoms with Crippen molar-refractivity contribution in [2.45, 2.75) is 51.7 Å². The Hall–Kier alpha value is -1.53. The molecule has 5 nitrogen and oxygen atoms in total. The first-order valence-corrected chi connectivity index (χ1v) is 10.5. The van der Waals surface area contributed by atoms with Crippen molar-refractivity contribution < 1.29 is 24.9 Å². The van der Waals surface area contributed by atoms with Gasteiger partial charge in [-0.3, -0.25) is 4.79 Å². The van der Waals surface area contributed by atoms with Gasteiger partial charge in [0.05, 0.1) is 5.41 Å². The van der Waals surface area contributed by atoms with Gasteiger partial charge in [-0.15, -0.1) is 0 Å². The number of rotatable bonds is 9. The van der Waals surface area contributed by atoms with Crippen molar-refractivity contribution in [3.05, 3.63) is 47.5 Å². The average molecular weight is 403 g/mol. The SMILES string of the molecule is C=C1[C@@H]2[C@@H](CO)C[C@@](C(=O)CCc3cccc(CCCO)c3)(C1(C)C)[C@@]2(O)OC. The normalized spacial score (nSPS) is 32.7. The van der Waals surface area contributed by atoms with E-state index < -0.39 is 22.5 Å². The van der Waals surface area contributed by atoms with Crippen molar-refractivity contribution in [1.29, 1.82) is 0 Å². The van der Waals surface area contributed by atoms with Gasteiger partial charge in [-0.05, 0) is 42.7 Å². The van der Waals surface area contributed by atoms with E-state index in [1.807, 2.05) is 32.0 Å². The number of aliphatic hydroxyl groups is 3. The Morgan fingerprint density at radius 1 is 1.24 bits per heavy atom. The van der Waals surface area contributed by atoms with E-state index in [1.165, 1.54) is 7.11 Å². The molecule has 3 rings (SSSR count). The largest absolute Gasteiger partial charge is 0.396 e. The van der Waals surface area contributed by atoms with Crippen LogP contribution in [-0.4, -0.2) is 47.2 Å². The molecule has 29 heavy (non-hydrogen) atoms. The number of hydrogen-bond acceptors (Lipinski definition) is 5. The summed E-state index contributed by atoms with van der Waals surface area (Å²) in [6.07, 6.45) is 2.78. The van der Waals surface area contributed by atoms with Crippen LogP contribution in [0.3, 0.4) is 0 Å². The summed E-state index contributed by atoms with van der Waals surface area (Å²) in [7, 11) is 1.44. The lowest BCUT2D eigenvalue weighted by molar-refractivity contribution is -0.253. The number of carbonyl (C=O) groups is 1. The molecule has 160 valence electrons. The first-order chi connectivity index (χ1) is 13.7. The number of aryl methyl sites for hydroxylation is 2. The molecule has 2 aliphatic rings. The van der Waals surface area contributed by atoms with E-state index in [2.05, 4.69) is 12.6 Å². The van der Waals surface area contributed by atoms with Crippen LogP contribution in [0.2, 0.25) is 0 Å². The van der Waals surface area contributed by atoms with Crippen LogP contribution in [0.25, 0.3) is 0 Å². The standard InChI is InChI=1S/C24H34O5/c1-16-21-19(15-26)14-23(22(16,2)3,24(21,28)29-4)20(27)11-10-18-8-5-7-17(13-18)9-6-12-25/h5,7-8,13,19,21,25-26,28H,1,6,9-12,14-15H2,2-4H3/t19-,21-,23-,24+/m1/s1. The molecule has 0 aliphatic heterocycles. The van der Waals surface area contributed by atoms with Crippen LogP contribution in [0, 0.1) is 22.7 Å². The van der Waals surface area contributed by atoms with E-state index in [0.29, 0.717) is 19.3 Å². The second kappa shape index (κ2) is 7.95. The Bertz CT molecular complexity index is 785. The van der Waals surface area contributed by atoms with Crippen molar-refractivity contribution >= 4 is 5.78 Å². The molecule has 0 heterocycles. The minimum absolute atomic E-state index is 0.0350. The number of ketones is 1. The Morgan fingerprint density at radius 3 is 2.48 bits per heavy atom. The molecule has 0 aromatic heterocycles. The third-order valence-electron chi connectivity index (χ3n) is 7.60. The molecule has 2 bridgehead atoms. The highest BCUT2D eigenvalue weighted by Gasteiger charge is 2.79. The highest BCUT2D eigenvalue weighted by Crippen LogP contribution is 2.73. The summed E-state index contributed by atoms with van der Waals surface area (Å²) in [5.74, 6) is -2.35. The number of hydrogen-bond donors (Lipinski definition) is 3. The maximum Gasteiger partial charge on any atom is 0.185 e. The third kappa shape index (κ3) is 3.10. The maximum absolute atomic E-state index is 13.7. The summed E-state index contributed by atoms with van der Waals surface area (Å²) in [6.45, 7) is 8.17. The number of ether oxygens (including phenoxy) is 1. The zero-order valence-electron chi connectivity index (χ0n) is 17.8. The van der Waals surface area contributed by atoms with Gasteiger partial charge in [-0.2, -0.15) is 0 Å². The fraction of sp³-hybridized carbons (Fsp3) is 0.625. The van der Waals surface area contributed by atoms with E-state index in [-0.39, 0.29) is 31.3 Å². The summed E-state index contributed by atoms with van der Waals surface area (Å²) >= 11 is 0. The first kappa shape index (κ1) is 22.2. The predicted octanol–water partition coefficient (Wildman–Crippen LogP) is 2.66. The van der Waals surface area contributed by atoms with Crippen molar-refractivity contribution in [1.82, 2.24) is 0 Å². The summed E-state index contributed by atoms with van der Waals surface area (Å²) in [6, 6.07) is 8.09. The number of carbonyl (C=O) groups excluding carboxylic acids is 1. The monoisotopic (exact) mass is 402 g/mol. The lowest BCUT2D eigenvalue weighted by Gasteiger charge is -2.46. The van der Waals surface area contributed by atoms with Gasteiger partial charge in [-0.1, -0.05) is 50.3 Å². The molecule has 0 amide bonds. The maximum atomic E-state index is 13.7. The summed E-state index contributed by atoms with van der Waals surface area (Å²) in [5, 5.41) is 30.4. The zero-order chi connectivity index (χ0) is 21.4. The van der Waals surface area contributed by atoms with Crippen molar-refractivity contribution in [3.8, 4) is 0 Å². The van der Waals surface area contributed by atoms with E-state index in [4.69, 9.17) is 9.84 Å². The van der Waals surface area contributed by atoms with E-state index in [1.54, 1.807) is 0 Å². The number of Topliss-reactive ketones (excluding diaryl/α,β-unsaturated/α-hetero) is 1. The van der Waals surface area contributed by atoms with Gasteiger partial charge >= 0.3 is 0 Å². The molecule has 2 fully saturated rings. The number of benzene rings is 1. The van der Waals surface area contributed by atoms with E-state index in [9.17, 15) is 15.0 Å². The fourth-order valence-electron chi connectivity index (χ4n) is 5.96. The summed E-state index contributed by atoms with van der Waals surface area (Å²) in [5.41, 5.74) is 1.26. The van der Waals surface area contributed by atoms with Crippen LogP contribution in [0.5, 0.6) is 0 Å². The van der Waals surface area contributed by atoms with Gasteiger partial charge in [0.2, 0.25) is 0 Å². The quantitative estimate of drug-likeness (QED) is 0.437. The third-order valence-corrected chi connectivity index (χ3v) is 7.60. The first-order valence-electron chi connectivity index (χ1n) is 10.5. The van der Waals surface area contributed by atoms with Gasteiger partial charge in [0, 0.05) is 38.1 Å². The summed E-state index contributed by atoms with van der Waals surface area (Å²) in [4.78, 5) is 13.7. The molecule has 2 aliphatic carbocycles. The van der Waals surface area contributed by atoms with Gasteiger partial charge < -0.3 is 20.1 Å². The zero-order valence-corrected chi connectivity index (χ0v) is 17.8. The van der Waals surface area contributed by atoms with Crippen LogP contribution in [-0.2, 0) is 22.4 Å².